The number of fused-ring (bicyclic) bond motifs is 1. The summed E-state index contributed by atoms with van der Waals surface area (Å²) < 4.78 is 11.0. The number of benzene rings is 1. The van der Waals surface area contributed by atoms with E-state index in [1.54, 1.807) is 6.26 Å². The summed E-state index contributed by atoms with van der Waals surface area (Å²) in [6, 6.07) is 8.35. The van der Waals surface area contributed by atoms with Crippen molar-refractivity contribution >= 4 is 12.0 Å². The average molecular weight is 258 g/mol. The fourth-order valence-electron chi connectivity index (χ4n) is 2.03. The Bertz CT molecular complexity index is 538. The quantitative estimate of drug-likeness (QED) is 0.744. The van der Waals surface area contributed by atoms with Gasteiger partial charge < -0.3 is 8.92 Å². The van der Waals surface area contributed by atoms with Crippen LogP contribution in [0.25, 0.3) is 0 Å². The highest BCUT2D eigenvalue weighted by molar-refractivity contribution is 7.94. The van der Waals surface area contributed by atoms with Gasteiger partial charge in [-0.2, -0.15) is 0 Å². The van der Waals surface area contributed by atoms with E-state index in [1.165, 1.54) is 28.8 Å². The predicted molar refractivity (Wildman–Crippen MR) is 72.7 cm³/mol. The zero-order chi connectivity index (χ0) is 12.4. The van der Waals surface area contributed by atoms with Crippen molar-refractivity contribution in [2.75, 3.05) is 0 Å². The number of rotatable bonds is 3. The van der Waals surface area contributed by atoms with E-state index in [4.69, 9.17) is 8.92 Å². The van der Waals surface area contributed by atoms with Crippen LogP contribution in [0.2, 0.25) is 0 Å². The lowest BCUT2D eigenvalue weighted by atomic mass is 10.1. The summed E-state index contributed by atoms with van der Waals surface area (Å²) in [5.41, 5.74) is 3.68. The Balaban J connectivity index is 1.70. The Morgan fingerprint density at radius 3 is 2.83 bits per heavy atom. The summed E-state index contributed by atoms with van der Waals surface area (Å²) in [5, 5.41) is 0. The molecule has 1 aromatic carbocycles. The van der Waals surface area contributed by atoms with Crippen molar-refractivity contribution in [3.63, 3.8) is 0 Å². The lowest BCUT2D eigenvalue weighted by Gasteiger charge is -2.08. The summed E-state index contributed by atoms with van der Waals surface area (Å²) in [7, 11) is 0. The number of hydrogen-bond acceptors (Lipinski definition) is 3. The van der Waals surface area contributed by atoms with Gasteiger partial charge in [-0.1, -0.05) is 17.7 Å². The highest BCUT2D eigenvalue weighted by Crippen LogP contribution is 2.38. The molecule has 92 valence electrons. The van der Waals surface area contributed by atoms with Gasteiger partial charge in [0.2, 0.25) is 0 Å². The third-order valence-electron chi connectivity index (χ3n) is 3.05. The second-order valence-electron chi connectivity index (χ2n) is 4.40. The molecule has 0 atom stereocenters. The van der Waals surface area contributed by atoms with Crippen LogP contribution in [0.4, 0.5) is 0 Å². The zero-order valence-electron chi connectivity index (χ0n) is 10.2. The third kappa shape index (κ3) is 2.31. The molecule has 3 heteroatoms. The van der Waals surface area contributed by atoms with E-state index >= 15 is 0 Å². The molecule has 18 heavy (non-hydrogen) atoms. The van der Waals surface area contributed by atoms with Crippen LogP contribution in [0.5, 0.6) is 0 Å². The van der Waals surface area contributed by atoms with Gasteiger partial charge in [0.25, 0.3) is 0 Å². The molecule has 0 fully saturated rings. The number of aryl methyl sites for hydroxylation is 1. The standard InChI is InChI=1S/C15H14O2S/c1-11-2-5-13(6-3-11)18-17-15-7-4-12-10-16-9-8-14(12)15/h2-3,5-6,8-10H,4,7H2,1H3. The van der Waals surface area contributed by atoms with E-state index < -0.39 is 0 Å². The van der Waals surface area contributed by atoms with Gasteiger partial charge in [-0.3, -0.25) is 0 Å². The van der Waals surface area contributed by atoms with Gasteiger partial charge in [-0.15, -0.1) is 0 Å². The Morgan fingerprint density at radius 2 is 2.00 bits per heavy atom. The lowest BCUT2D eigenvalue weighted by molar-refractivity contribution is 0.392. The molecule has 2 aliphatic rings. The molecule has 2 nitrogen and oxygen atoms in total. The molecule has 1 aliphatic carbocycles. The van der Waals surface area contributed by atoms with Crippen molar-refractivity contribution in [2.24, 2.45) is 0 Å². The molecule has 0 unspecified atom stereocenters. The van der Waals surface area contributed by atoms with Gasteiger partial charge >= 0.3 is 0 Å². The maximum Gasteiger partial charge on any atom is 0.123 e. The minimum Gasteiger partial charge on any atom is -0.472 e. The van der Waals surface area contributed by atoms with E-state index in [0.29, 0.717) is 0 Å². The first-order valence-electron chi connectivity index (χ1n) is 5.99. The van der Waals surface area contributed by atoms with E-state index in [-0.39, 0.29) is 0 Å². The van der Waals surface area contributed by atoms with Crippen LogP contribution in [-0.2, 0) is 8.92 Å². The maximum absolute atomic E-state index is 5.85. The minimum atomic E-state index is 0.952. The summed E-state index contributed by atoms with van der Waals surface area (Å²) in [5.74, 6) is 1.05. The highest BCUT2D eigenvalue weighted by atomic mass is 32.2. The molecule has 1 heterocycles. The Labute approximate surface area is 111 Å². The molecule has 0 amide bonds. The molecule has 3 rings (SSSR count). The molecule has 0 spiro atoms. The summed E-state index contributed by atoms with van der Waals surface area (Å²) in [6.07, 6.45) is 7.44. The zero-order valence-corrected chi connectivity index (χ0v) is 11.0. The molecule has 0 radical (unpaired) electrons. The SMILES string of the molecule is Cc1ccc(SOC2=C3C=COC=C3CC2)cc1. The minimum absolute atomic E-state index is 0.952. The fourth-order valence-corrected chi connectivity index (χ4v) is 2.64. The molecule has 0 aromatic heterocycles. The predicted octanol–water partition coefficient (Wildman–Crippen LogP) is 4.49. The topological polar surface area (TPSA) is 18.5 Å². The van der Waals surface area contributed by atoms with Gasteiger partial charge in [0.05, 0.1) is 24.6 Å². The van der Waals surface area contributed by atoms with Crippen molar-refractivity contribution in [2.45, 2.75) is 24.7 Å². The van der Waals surface area contributed by atoms with Gasteiger partial charge in [0.1, 0.15) is 5.76 Å². The Morgan fingerprint density at radius 1 is 1.17 bits per heavy atom. The number of ether oxygens (including phenoxy) is 1. The second-order valence-corrected chi connectivity index (χ2v) is 5.20. The first kappa shape index (κ1) is 11.5. The van der Waals surface area contributed by atoms with Crippen LogP contribution in [0, 0.1) is 6.92 Å². The van der Waals surface area contributed by atoms with Crippen molar-refractivity contribution in [3.05, 3.63) is 65.3 Å². The molecule has 0 bridgehead atoms. The van der Waals surface area contributed by atoms with Crippen molar-refractivity contribution in [1.82, 2.24) is 0 Å². The molecular formula is C15H14O2S. The molecular weight excluding hydrogens is 244 g/mol. The third-order valence-corrected chi connectivity index (χ3v) is 3.80. The summed E-state index contributed by atoms with van der Waals surface area (Å²) >= 11 is 1.42. The number of hydrogen-bond donors (Lipinski definition) is 0. The highest BCUT2D eigenvalue weighted by Gasteiger charge is 2.22. The van der Waals surface area contributed by atoms with Gasteiger partial charge in [0, 0.05) is 16.9 Å². The van der Waals surface area contributed by atoms with E-state index in [1.807, 2.05) is 12.3 Å². The second kappa shape index (κ2) is 4.94. The monoisotopic (exact) mass is 258 g/mol. The van der Waals surface area contributed by atoms with Crippen molar-refractivity contribution in [3.8, 4) is 0 Å². The van der Waals surface area contributed by atoms with Crippen LogP contribution >= 0.6 is 12.0 Å². The molecule has 0 saturated carbocycles. The maximum atomic E-state index is 5.85. The van der Waals surface area contributed by atoms with Gasteiger partial charge in [0.15, 0.2) is 0 Å². The number of allylic oxidation sites excluding steroid dienone is 4. The summed E-state index contributed by atoms with van der Waals surface area (Å²) in [4.78, 5) is 1.13. The van der Waals surface area contributed by atoms with Crippen molar-refractivity contribution < 1.29 is 8.92 Å². The van der Waals surface area contributed by atoms with Crippen LogP contribution < -0.4 is 0 Å². The molecule has 1 aromatic rings. The van der Waals surface area contributed by atoms with Crippen LogP contribution in [0.1, 0.15) is 18.4 Å². The molecule has 0 N–H and O–H groups in total. The Hall–Kier alpha value is -1.61. The van der Waals surface area contributed by atoms with Gasteiger partial charge in [-0.05, 0) is 37.1 Å². The fraction of sp³-hybridized carbons (Fsp3) is 0.200. The first-order valence-corrected chi connectivity index (χ1v) is 6.73. The van der Waals surface area contributed by atoms with Crippen LogP contribution in [0.15, 0.2) is 64.7 Å². The first-order chi connectivity index (χ1) is 8.83. The largest absolute Gasteiger partial charge is 0.472 e. The summed E-state index contributed by atoms with van der Waals surface area (Å²) in [6.45, 7) is 2.08. The van der Waals surface area contributed by atoms with E-state index in [9.17, 15) is 0 Å². The van der Waals surface area contributed by atoms with E-state index in [0.717, 1.165) is 23.5 Å². The van der Waals surface area contributed by atoms with Crippen LogP contribution in [-0.4, -0.2) is 0 Å². The smallest absolute Gasteiger partial charge is 0.123 e. The lowest BCUT2D eigenvalue weighted by Crippen LogP contribution is -1.89. The van der Waals surface area contributed by atoms with Crippen molar-refractivity contribution in [1.29, 1.82) is 0 Å². The molecule has 1 aliphatic heterocycles. The van der Waals surface area contributed by atoms with Crippen LogP contribution in [0.3, 0.4) is 0 Å². The van der Waals surface area contributed by atoms with Gasteiger partial charge in [-0.25, -0.2) is 0 Å². The molecule has 0 saturated heterocycles. The normalized spacial score (nSPS) is 17.3. The van der Waals surface area contributed by atoms with E-state index in [2.05, 4.69) is 31.2 Å². The average Bonchev–Trinajstić information content (AvgIpc) is 2.82. The Kier molecular flexibility index (Phi) is 3.15.